The summed E-state index contributed by atoms with van der Waals surface area (Å²) in [4.78, 5) is 30.3. The first-order valence-corrected chi connectivity index (χ1v) is 11.4. The molecular weight excluding hydrogens is 423 g/mol. The van der Waals surface area contributed by atoms with Crippen molar-refractivity contribution in [1.82, 2.24) is 9.80 Å². The van der Waals surface area contributed by atoms with Gasteiger partial charge in [0, 0.05) is 13.1 Å². The molecule has 0 spiro atoms. The average Bonchev–Trinajstić information content (AvgIpc) is 3.03. The lowest BCUT2D eigenvalue weighted by Crippen LogP contribution is -2.46. The number of halogens is 1. The second kappa shape index (κ2) is 9.75. The molecule has 2 aromatic carbocycles. The van der Waals surface area contributed by atoms with Gasteiger partial charge in [0.15, 0.2) is 0 Å². The van der Waals surface area contributed by atoms with Crippen LogP contribution in [0.1, 0.15) is 38.3 Å². The number of carbonyl (C=O) groups excluding carboxylic acids is 2. The van der Waals surface area contributed by atoms with E-state index in [2.05, 4.69) is 0 Å². The summed E-state index contributed by atoms with van der Waals surface area (Å²) in [5.74, 6) is -0.337. The molecule has 2 aromatic rings. The zero-order valence-electron chi connectivity index (χ0n) is 19.2. The van der Waals surface area contributed by atoms with E-state index in [9.17, 15) is 14.0 Å². The van der Waals surface area contributed by atoms with Gasteiger partial charge in [0.25, 0.3) is 11.8 Å². The molecule has 174 valence electrons. The zero-order chi connectivity index (χ0) is 23.5. The predicted molar refractivity (Wildman–Crippen MR) is 123 cm³/mol. The summed E-state index contributed by atoms with van der Waals surface area (Å²) in [6.07, 6.45) is 0.762. The number of ether oxygens (including phenoxy) is 2. The smallest absolute Gasteiger partial charge is 0.278 e. The van der Waals surface area contributed by atoms with Crippen molar-refractivity contribution in [3.8, 4) is 5.75 Å². The number of amides is 2. The third-order valence-electron chi connectivity index (χ3n) is 5.75. The molecule has 1 fully saturated rings. The summed E-state index contributed by atoms with van der Waals surface area (Å²) in [5.41, 5.74) is 2.13. The molecule has 4 rings (SSSR count). The quantitative estimate of drug-likeness (QED) is 0.595. The fourth-order valence-electron chi connectivity index (χ4n) is 4.33. The van der Waals surface area contributed by atoms with Crippen LogP contribution in [0.25, 0.3) is 5.57 Å². The molecule has 33 heavy (non-hydrogen) atoms. The van der Waals surface area contributed by atoms with Crippen LogP contribution < -0.4 is 4.74 Å². The van der Waals surface area contributed by atoms with E-state index in [0.29, 0.717) is 42.1 Å². The topological polar surface area (TPSA) is 59.1 Å². The standard InChI is InChI=1S/C26H29FN2O4/c1-4-13-32-22-11-7-20(8-12-22)23-24(28-14-17(2)33-18(3)15-28)26(31)29(25(23)30)16-19-5-9-21(27)10-6-19/h5-12,17-18H,4,13-16H2,1-3H3. The molecule has 2 aliphatic heterocycles. The second-order valence-electron chi connectivity index (χ2n) is 8.58. The van der Waals surface area contributed by atoms with Gasteiger partial charge in [-0.25, -0.2) is 4.39 Å². The summed E-state index contributed by atoms with van der Waals surface area (Å²) in [7, 11) is 0. The summed E-state index contributed by atoms with van der Waals surface area (Å²) in [6.45, 7) is 7.68. The normalized spacial score (nSPS) is 21.2. The van der Waals surface area contributed by atoms with E-state index in [0.717, 1.165) is 12.2 Å². The van der Waals surface area contributed by atoms with Crippen molar-refractivity contribution >= 4 is 17.4 Å². The van der Waals surface area contributed by atoms with Gasteiger partial charge in [0.1, 0.15) is 17.3 Å². The van der Waals surface area contributed by atoms with E-state index in [1.165, 1.54) is 17.0 Å². The minimum absolute atomic E-state index is 0.0682. The number of morpholine rings is 1. The third kappa shape index (κ3) is 4.93. The highest BCUT2D eigenvalue weighted by molar-refractivity contribution is 6.35. The van der Waals surface area contributed by atoms with Crippen molar-refractivity contribution in [2.75, 3.05) is 19.7 Å². The molecule has 0 saturated carbocycles. The highest BCUT2D eigenvalue weighted by Gasteiger charge is 2.43. The first-order valence-electron chi connectivity index (χ1n) is 11.4. The van der Waals surface area contributed by atoms with Gasteiger partial charge in [0.05, 0.1) is 30.9 Å². The number of hydrogen-bond donors (Lipinski definition) is 0. The fraction of sp³-hybridized carbons (Fsp3) is 0.385. The highest BCUT2D eigenvalue weighted by Crippen LogP contribution is 2.34. The minimum atomic E-state index is -0.362. The maximum Gasteiger partial charge on any atom is 0.278 e. The lowest BCUT2D eigenvalue weighted by molar-refractivity contribution is -0.139. The van der Waals surface area contributed by atoms with Crippen molar-refractivity contribution in [2.45, 2.75) is 45.9 Å². The Kier molecular flexibility index (Phi) is 6.79. The SMILES string of the molecule is CCCOc1ccc(C2=C(N3CC(C)OC(C)C3)C(=O)N(Cc3ccc(F)cc3)C2=O)cc1. The summed E-state index contributed by atoms with van der Waals surface area (Å²) >= 11 is 0. The highest BCUT2D eigenvalue weighted by atomic mass is 19.1. The third-order valence-corrected chi connectivity index (χ3v) is 5.75. The molecule has 2 amide bonds. The van der Waals surface area contributed by atoms with Gasteiger partial charge in [-0.15, -0.1) is 0 Å². The average molecular weight is 453 g/mol. The molecule has 2 heterocycles. The predicted octanol–water partition coefficient (Wildman–Crippen LogP) is 4.00. The van der Waals surface area contributed by atoms with Crippen LogP contribution >= 0.6 is 0 Å². The molecule has 2 aliphatic rings. The fourth-order valence-corrected chi connectivity index (χ4v) is 4.33. The largest absolute Gasteiger partial charge is 0.494 e. The van der Waals surface area contributed by atoms with Crippen LogP contribution in [0.2, 0.25) is 0 Å². The first kappa shape index (κ1) is 23.0. The minimum Gasteiger partial charge on any atom is -0.494 e. The van der Waals surface area contributed by atoms with Crippen LogP contribution in [0.15, 0.2) is 54.2 Å². The summed E-state index contributed by atoms with van der Waals surface area (Å²) in [5, 5.41) is 0. The van der Waals surface area contributed by atoms with Gasteiger partial charge in [-0.3, -0.25) is 14.5 Å². The lowest BCUT2D eigenvalue weighted by atomic mass is 10.0. The van der Waals surface area contributed by atoms with Gasteiger partial charge in [-0.2, -0.15) is 0 Å². The molecule has 0 radical (unpaired) electrons. The molecule has 0 aliphatic carbocycles. The van der Waals surface area contributed by atoms with Gasteiger partial charge in [-0.1, -0.05) is 31.2 Å². The molecule has 0 N–H and O–H groups in total. The Morgan fingerprint density at radius 1 is 0.970 bits per heavy atom. The molecule has 2 atom stereocenters. The van der Waals surface area contributed by atoms with Crippen molar-refractivity contribution in [1.29, 1.82) is 0 Å². The van der Waals surface area contributed by atoms with Crippen LogP contribution in [0.5, 0.6) is 5.75 Å². The Hall–Kier alpha value is -3.19. The van der Waals surface area contributed by atoms with Crippen LogP contribution in [0.3, 0.4) is 0 Å². The Labute approximate surface area is 193 Å². The zero-order valence-corrected chi connectivity index (χ0v) is 19.2. The van der Waals surface area contributed by atoms with E-state index < -0.39 is 0 Å². The van der Waals surface area contributed by atoms with E-state index in [1.54, 1.807) is 12.1 Å². The van der Waals surface area contributed by atoms with Crippen LogP contribution in [0, 0.1) is 5.82 Å². The number of rotatable bonds is 7. The number of hydrogen-bond acceptors (Lipinski definition) is 5. The van der Waals surface area contributed by atoms with Crippen molar-refractivity contribution in [3.05, 3.63) is 71.2 Å². The van der Waals surface area contributed by atoms with Crippen molar-refractivity contribution in [3.63, 3.8) is 0 Å². The molecular formula is C26H29FN2O4. The summed E-state index contributed by atoms with van der Waals surface area (Å²) < 4.78 is 24.8. The van der Waals surface area contributed by atoms with Crippen molar-refractivity contribution in [2.24, 2.45) is 0 Å². The second-order valence-corrected chi connectivity index (χ2v) is 8.58. The molecule has 1 saturated heterocycles. The maximum absolute atomic E-state index is 13.6. The van der Waals surface area contributed by atoms with E-state index in [4.69, 9.17) is 9.47 Å². The van der Waals surface area contributed by atoms with Gasteiger partial charge >= 0.3 is 0 Å². The van der Waals surface area contributed by atoms with Crippen molar-refractivity contribution < 1.29 is 23.5 Å². The monoisotopic (exact) mass is 452 g/mol. The lowest BCUT2D eigenvalue weighted by Gasteiger charge is -2.37. The Bertz CT molecular complexity index is 1040. The van der Waals surface area contributed by atoms with E-state index in [1.807, 2.05) is 49.9 Å². The Balaban J connectivity index is 1.70. The first-order chi connectivity index (χ1) is 15.9. The van der Waals surface area contributed by atoms with E-state index in [-0.39, 0.29) is 36.4 Å². The van der Waals surface area contributed by atoms with E-state index >= 15 is 0 Å². The number of benzene rings is 2. The Morgan fingerprint density at radius 3 is 2.21 bits per heavy atom. The van der Waals surface area contributed by atoms with Crippen LogP contribution in [0.4, 0.5) is 4.39 Å². The molecule has 0 aromatic heterocycles. The van der Waals surface area contributed by atoms with Gasteiger partial charge < -0.3 is 14.4 Å². The number of carbonyl (C=O) groups is 2. The maximum atomic E-state index is 13.6. The molecule has 0 bridgehead atoms. The van der Waals surface area contributed by atoms with Crippen LogP contribution in [-0.4, -0.2) is 53.5 Å². The van der Waals surface area contributed by atoms with Crippen LogP contribution in [-0.2, 0) is 20.9 Å². The van der Waals surface area contributed by atoms with Gasteiger partial charge in [-0.05, 0) is 55.7 Å². The Morgan fingerprint density at radius 2 is 1.61 bits per heavy atom. The molecule has 2 unspecified atom stereocenters. The van der Waals surface area contributed by atoms with Gasteiger partial charge in [0.2, 0.25) is 0 Å². The number of nitrogens with zero attached hydrogens (tertiary/aromatic N) is 2. The summed E-state index contributed by atoms with van der Waals surface area (Å²) in [6, 6.07) is 13.1. The molecule has 7 heteroatoms. The number of imide groups is 1. The molecule has 6 nitrogen and oxygen atoms in total.